The third-order valence-corrected chi connectivity index (χ3v) is 1.92. The summed E-state index contributed by atoms with van der Waals surface area (Å²) in [5, 5.41) is 2.28. The third-order valence-electron chi connectivity index (χ3n) is 1.33. The maximum atomic E-state index is 10.9. The number of carbonyl (C=O) groups is 1. The van der Waals surface area contributed by atoms with Gasteiger partial charge in [0, 0.05) is 0 Å². The molecule has 0 aliphatic heterocycles. The number of methoxy groups -OCH3 is 1. The molecule has 0 saturated carbocycles. The number of nitrogens with one attached hydrogen (secondary N) is 1. The van der Waals surface area contributed by atoms with Gasteiger partial charge in [0.05, 0.1) is 13.7 Å². The summed E-state index contributed by atoms with van der Waals surface area (Å²) in [6.45, 7) is 4.24. The van der Waals surface area contributed by atoms with Crippen molar-refractivity contribution < 1.29 is 14.3 Å². The van der Waals surface area contributed by atoms with Crippen molar-refractivity contribution in [1.82, 2.24) is 5.32 Å². The molecule has 0 aromatic heterocycles. The molecule has 0 aliphatic carbocycles. The van der Waals surface area contributed by atoms with Crippen molar-refractivity contribution in [2.24, 2.45) is 5.92 Å². The Balaban J connectivity index is 4.26. The Morgan fingerprint density at radius 2 is 1.93 bits per heavy atom. The van der Waals surface area contributed by atoms with Crippen molar-refractivity contribution in [2.45, 2.75) is 23.9 Å². The van der Waals surface area contributed by atoms with Crippen LogP contribution in [0.1, 0.15) is 13.8 Å². The van der Waals surface area contributed by atoms with Crippen molar-refractivity contribution in [2.75, 3.05) is 13.7 Å². The first-order valence-corrected chi connectivity index (χ1v) is 5.43. The highest BCUT2D eigenvalue weighted by Crippen LogP contribution is 2.31. The average molecular weight is 279 g/mol. The minimum Gasteiger partial charge on any atom is -0.453 e. The van der Waals surface area contributed by atoms with E-state index in [0.717, 1.165) is 0 Å². The lowest BCUT2D eigenvalue weighted by molar-refractivity contribution is 0.0169. The SMILES string of the molecule is COC(=O)N[C@H](OCC(C)C)C(Cl)(Cl)Cl. The monoisotopic (exact) mass is 277 g/mol. The van der Waals surface area contributed by atoms with E-state index in [1.807, 2.05) is 13.8 Å². The van der Waals surface area contributed by atoms with Gasteiger partial charge in [-0.1, -0.05) is 48.7 Å². The van der Waals surface area contributed by atoms with Gasteiger partial charge in [-0.05, 0) is 5.92 Å². The summed E-state index contributed by atoms with van der Waals surface area (Å²) in [5.74, 6) is 0.263. The average Bonchev–Trinajstić information content (AvgIpc) is 2.09. The Hall–Kier alpha value is 0.1000. The zero-order valence-corrected chi connectivity index (χ0v) is 11.0. The van der Waals surface area contributed by atoms with Crippen LogP contribution in [-0.4, -0.2) is 29.8 Å². The van der Waals surface area contributed by atoms with Crippen LogP contribution in [0.25, 0.3) is 0 Å². The van der Waals surface area contributed by atoms with Gasteiger partial charge in [0.25, 0.3) is 0 Å². The molecule has 15 heavy (non-hydrogen) atoms. The molecule has 0 aromatic carbocycles. The summed E-state index contributed by atoms with van der Waals surface area (Å²) < 4.78 is 7.88. The molecule has 0 spiro atoms. The number of alkyl carbamates (subject to hydrolysis) is 1. The van der Waals surface area contributed by atoms with Gasteiger partial charge in [0.2, 0.25) is 3.79 Å². The molecule has 1 atom stereocenters. The summed E-state index contributed by atoms with van der Waals surface area (Å²) in [6, 6.07) is 0. The number of halogens is 3. The molecule has 0 heterocycles. The molecule has 0 aliphatic rings. The molecule has 0 fully saturated rings. The number of rotatable bonds is 4. The Labute approximate surface area is 104 Å². The molecule has 0 saturated heterocycles. The highest BCUT2D eigenvalue weighted by atomic mass is 35.6. The zero-order chi connectivity index (χ0) is 12.1. The number of carbonyl (C=O) groups excluding carboxylic acids is 1. The minimum atomic E-state index is -1.73. The first kappa shape index (κ1) is 15.1. The van der Waals surface area contributed by atoms with E-state index < -0.39 is 16.1 Å². The Morgan fingerprint density at radius 1 is 1.40 bits per heavy atom. The Kier molecular flexibility index (Phi) is 6.68. The molecular weight excluding hydrogens is 264 g/mol. The molecule has 4 nitrogen and oxygen atoms in total. The largest absolute Gasteiger partial charge is 0.453 e. The van der Waals surface area contributed by atoms with Crippen LogP contribution in [0.2, 0.25) is 0 Å². The van der Waals surface area contributed by atoms with Gasteiger partial charge in [-0.2, -0.15) is 0 Å². The fourth-order valence-corrected chi connectivity index (χ4v) is 1.03. The van der Waals surface area contributed by atoms with Crippen LogP contribution in [0.15, 0.2) is 0 Å². The van der Waals surface area contributed by atoms with Crippen molar-refractivity contribution >= 4 is 40.9 Å². The second-order valence-corrected chi connectivity index (χ2v) is 5.65. The first-order chi connectivity index (χ1) is 6.77. The van der Waals surface area contributed by atoms with Crippen LogP contribution in [0.4, 0.5) is 4.79 Å². The maximum Gasteiger partial charge on any atom is 0.409 e. The molecule has 1 N–H and O–H groups in total. The second kappa shape index (κ2) is 6.63. The fourth-order valence-electron chi connectivity index (χ4n) is 0.673. The molecule has 0 rings (SSSR count). The standard InChI is InChI=1S/C8H14Cl3NO3/c1-5(2)4-15-6(8(9,10)11)12-7(13)14-3/h5-6H,4H2,1-3H3,(H,12,13)/t6-/m1/s1. The molecule has 0 unspecified atom stereocenters. The van der Waals surface area contributed by atoms with E-state index in [-0.39, 0.29) is 5.92 Å². The Bertz CT molecular complexity index is 206. The minimum absolute atomic E-state index is 0.263. The van der Waals surface area contributed by atoms with E-state index in [4.69, 9.17) is 39.5 Å². The number of amides is 1. The number of hydrogen-bond acceptors (Lipinski definition) is 3. The number of ether oxygens (including phenoxy) is 2. The molecule has 0 bridgehead atoms. The van der Waals surface area contributed by atoms with Crippen LogP contribution in [0.5, 0.6) is 0 Å². The molecule has 0 radical (unpaired) electrons. The highest BCUT2D eigenvalue weighted by Gasteiger charge is 2.35. The third kappa shape index (κ3) is 7.06. The van der Waals surface area contributed by atoms with E-state index in [2.05, 4.69) is 10.1 Å². The molecular formula is C8H14Cl3NO3. The molecule has 0 aromatic rings. The van der Waals surface area contributed by atoms with Gasteiger partial charge in [0.1, 0.15) is 0 Å². The summed E-state index contributed by atoms with van der Waals surface area (Å²) in [6.07, 6.45) is -1.74. The predicted octanol–water partition coefficient (Wildman–Crippen LogP) is 2.71. The second-order valence-electron chi connectivity index (χ2n) is 3.28. The summed E-state index contributed by atoms with van der Waals surface area (Å²) >= 11 is 16.9. The van der Waals surface area contributed by atoms with Crippen LogP contribution in [-0.2, 0) is 9.47 Å². The number of hydrogen-bond donors (Lipinski definition) is 1. The van der Waals surface area contributed by atoms with E-state index in [1.165, 1.54) is 7.11 Å². The Morgan fingerprint density at radius 3 is 2.27 bits per heavy atom. The highest BCUT2D eigenvalue weighted by molar-refractivity contribution is 6.68. The van der Waals surface area contributed by atoms with Gasteiger partial charge in [-0.15, -0.1) is 0 Å². The molecule has 7 heteroatoms. The van der Waals surface area contributed by atoms with Crippen molar-refractivity contribution in [1.29, 1.82) is 0 Å². The lowest BCUT2D eigenvalue weighted by atomic mass is 10.2. The summed E-state index contributed by atoms with van der Waals surface area (Å²) in [5.41, 5.74) is 0. The van der Waals surface area contributed by atoms with E-state index in [9.17, 15) is 4.79 Å². The van der Waals surface area contributed by atoms with Gasteiger partial charge < -0.3 is 9.47 Å². The summed E-state index contributed by atoms with van der Waals surface area (Å²) in [7, 11) is 1.22. The zero-order valence-electron chi connectivity index (χ0n) is 8.72. The van der Waals surface area contributed by atoms with Crippen LogP contribution < -0.4 is 5.32 Å². The lowest BCUT2D eigenvalue weighted by Gasteiger charge is -2.25. The lowest BCUT2D eigenvalue weighted by Crippen LogP contribution is -2.46. The predicted molar refractivity (Wildman–Crippen MR) is 60.4 cm³/mol. The van der Waals surface area contributed by atoms with Crippen LogP contribution >= 0.6 is 34.8 Å². The quantitative estimate of drug-likeness (QED) is 0.635. The van der Waals surface area contributed by atoms with Crippen LogP contribution in [0, 0.1) is 5.92 Å². The smallest absolute Gasteiger partial charge is 0.409 e. The van der Waals surface area contributed by atoms with Gasteiger partial charge in [-0.3, -0.25) is 5.32 Å². The summed E-state index contributed by atoms with van der Waals surface area (Å²) in [4.78, 5) is 10.9. The fraction of sp³-hybridized carbons (Fsp3) is 0.875. The first-order valence-electron chi connectivity index (χ1n) is 4.30. The van der Waals surface area contributed by atoms with Crippen molar-refractivity contribution in [3.8, 4) is 0 Å². The van der Waals surface area contributed by atoms with E-state index >= 15 is 0 Å². The van der Waals surface area contributed by atoms with Crippen molar-refractivity contribution in [3.63, 3.8) is 0 Å². The molecule has 90 valence electrons. The van der Waals surface area contributed by atoms with Gasteiger partial charge in [0.15, 0.2) is 6.23 Å². The molecule has 1 amide bonds. The van der Waals surface area contributed by atoms with E-state index in [0.29, 0.717) is 6.61 Å². The van der Waals surface area contributed by atoms with Crippen LogP contribution in [0.3, 0.4) is 0 Å². The van der Waals surface area contributed by atoms with Gasteiger partial charge >= 0.3 is 6.09 Å². The normalized spacial score (nSPS) is 13.8. The maximum absolute atomic E-state index is 10.9. The number of alkyl halides is 3. The van der Waals surface area contributed by atoms with E-state index in [1.54, 1.807) is 0 Å². The topological polar surface area (TPSA) is 47.6 Å². The van der Waals surface area contributed by atoms with Crippen molar-refractivity contribution in [3.05, 3.63) is 0 Å². The van der Waals surface area contributed by atoms with Gasteiger partial charge in [-0.25, -0.2) is 4.79 Å².